The van der Waals surface area contributed by atoms with Crippen molar-refractivity contribution in [2.24, 2.45) is 0 Å². The quantitative estimate of drug-likeness (QED) is 0.176. The third kappa shape index (κ3) is 20.8. The molecule has 0 aromatic carbocycles. The molecule has 1 unspecified atom stereocenters. The second kappa shape index (κ2) is 18.3. The molecule has 0 aliphatic heterocycles. The molecule has 29 heavy (non-hydrogen) atoms. The van der Waals surface area contributed by atoms with Crippen LogP contribution in [0.3, 0.4) is 0 Å². The van der Waals surface area contributed by atoms with Gasteiger partial charge in [-0.25, -0.2) is 0 Å². The molecule has 11 heteroatoms. The fraction of sp³-hybridized carbons (Fsp3) is 0.833. The standard InChI is InChI=1S/C14H29NO2.C4H6O7S/c1-2-3-4-5-6-7-8-9-10-11-14(17)15-12-13-16;5-3(6)1-2(4(7)8)12(9,10)11/h16H,2-13H2,1H3,(H,15,17);2H,1H2,(H,5,6)(H,7,8)(H,9,10,11). The average Bonchev–Trinajstić information content (AvgIpc) is 2.62. The lowest BCUT2D eigenvalue weighted by molar-refractivity contribution is -0.143. The van der Waals surface area contributed by atoms with Crippen LogP contribution in [0.25, 0.3) is 0 Å². The Bertz CT molecular complexity index is 564. The molecule has 1 amide bonds. The highest BCUT2D eigenvalue weighted by Gasteiger charge is 2.33. The van der Waals surface area contributed by atoms with Gasteiger partial charge in [0.15, 0.2) is 5.25 Å². The van der Waals surface area contributed by atoms with Crippen LogP contribution in [0.4, 0.5) is 0 Å². The Morgan fingerprint density at radius 1 is 0.897 bits per heavy atom. The van der Waals surface area contributed by atoms with Gasteiger partial charge in [-0.15, -0.1) is 0 Å². The van der Waals surface area contributed by atoms with E-state index in [0.29, 0.717) is 13.0 Å². The molecule has 0 aliphatic carbocycles. The maximum atomic E-state index is 11.2. The van der Waals surface area contributed by atoms with Gasteiger partial charge < -0.3 is 20.6 Å². The molecule has 0 fully saturated rings. The Balaban J connectivity index is 0. The van der Waals surface area contributed by atoms with Crippen LogP contribution in [0.5, 0.6) is 0 Å². The van der Waals surface area contributed by atoms with Crippen molar-refractivity contribution in [2.75, 3.05) is 13.2 Å². The molecule has 0 saturated heterocycles. The summed E-state index contributed by atoms with van der Waals surface area (Å²) in [4.78, 5) is 31.2. The Kier molecular flexibility index (Phi) is 18.6. The van der Waals surface area contributed by atoms with Crippen LogP contribution < -0.4 is 5.32 Å². The predicted octanol–water partition coefficient (Wildman–Crippen LogP) is 1.82. The number of aliphatic hydroxyl groups excluding tert-OH is 1. The first-order valence-electron chi connectivity index (χ1n) is 9.84. The zero-order valence-electron chi connectivity index (χ0n) is 17.0. The lowest BCUT2D eigenvalue weighted by Crippen LogP contribution is -2.31. The van der Waals surface area contributed by atoms with E-state index < -0.39 is 33.7 Å². The fourth-order valence-electron chi connectivity index (χ4n) is 2.36. The SMILES string of the molecule is CCCCCCCCCCCC(=O)NCCO.O=C(O)CC(C(=O)O)S(=O)(=O)O. The van der Waals surface area contributed by atoms with Crippen molar-refractivity contribution in [1.82, 2.24) is 5.32 Å². The van der Waals surface area contributed by atoms with Gasteiger partial charge in [0.25, 0.3) is 10.1 Å². The highest BCUT2D eigenvalue weighted by Crippen LogP contribution is 2.10. The van der Waals surface area contributed by atoms with Gasteiger partial charge in [-0.3, -0.25) is 18.9 Å². The number of carboxylic acids is 2. The van der Waals surface area contributed by atoms with E-state index in [-0.39, 0.29) is 12.5 Å². The van der Waals surface area contributed by atoms with Crippen molar-refractivity contribution in [3.05, 3.63) is 0 Å². The van der Waals surface area contributed by atoms with Crippen molar-refractivity contribution in [2.45, 2.75) is 82.8 Å². The van der Waals surface area contributed by atoms with Gasteiger partial charge in [0.2, 0.25) is 5.91 Å². The first kappa shape index (κ1) is 29.5. The Morgan fingerprint density at radius 3 is 1.72 bits per heavy atom. The number of aliphatic carboxylic acids is 2. The number of aliphatic hydroxyl groups is 1. The number of carbonyl (C=O) groups is 3. The minimum absolute atomic E-state index is 0.0312. The lowest BCUT2D eigenvalue weighted by Gasteiger charge is -2.04. The molecule has 172 valence electrons. The first-order valence-corrected chi connectivity index (χ1v) is 11.3. The van der Waals surface area contributed by atoms with Gasteiger partial charge in [-0.2, -0.15) is 8.42 Å². The van der Waals surface area contributed by atoms with E-state index >= 15 is 0 Å². The van der Waals surface area contributed by atoms with Gasteiger partial charge >= 0.3 is 11.9 Å². The minimum Gasteiger partial charge on any atom is -0.481 e. The second-order valence-corrected chi connectivity index (χ2v) is 8.19. The van der Waals surface area contributed by atoms with E-state index in [1.165, 1.54) is 44.9 Å². The van der Waals surface area contributed by atoms with Crippen molar-refractivity contribution in [1.29, 1.82) is 0 Å². The molecule has 0 aromatic heterocycles. The Hall–Kier alpha value is -1.72. The van der Waals surface area contributed by atoms with Crippen LogP contribution >= 0.6 is 0 Å². The third-order valence-electron chi connectivity index (χ3n) is 3.94. The van der Waals surface area contributed by atoms with Crippen molar-refractivity contribution < 1.29 is 42.7 Å². The summed E-state index contributed by atoms with van der Waals surface area (Å²) in [5, 5.41) is 25.1. The third-order valence-corrected chi connectivity index (χ3v) is 5.02. The molecule has 5 N–H and O–H groups in total. The van der Waals surface area contributed by atoms with E-state index in [1.54, 1.807) is 0 Å². The number of carboxylic acid groups (broad SMARTS) is 2. The van der Waals surface area contributed by atoms with E-state index in [1.807, 2.05) is 0 Å². The van der Waals surface area contributed by atoms with Gasteiger partial charge in [0, 0.05) is 13.0 Å². The number of rotatable bonds is 16. The number of hydrogen-bond donors (Lipinski definition) is 5. The van der Waals surface area contributed by atoms with Crippen molar-refractivity contribution in [3.8, 4) is 0 Å². The predicted molar refractivity (Wildman–Crippen MR) is 107 cm³/mol. The maximum Gasteiger partial charge on any atom is 0.325 e. The molecular formula is C18H35NO9S. The lowest BCUT2D eigenvalue weighted by atomic mass is 10.1. The molecule has 0 spiro atoms. The number of unbranched alkanes of at least 4 members (excludes halogenated alkanes) is 8. The largest absolute Gasteiger partial charge is 0.481 e. The first-order chi connectivity index (χ1) is 13.6. The van der Waals surface area contributed by atoms with Gasteiger partial charge in [-0.1, -0.05) is 58.3 Å². The van der Waals surface area contributed by atoms with E-state index in [9.17, 15) is 22.8 Å². The summed E-state index contributed by atoms with van der Waals surface area (Å²) < 4.78 is 28.7. The van der Waals surface area contributed by atoms with Crippen LogP contribution in [0, 0.1) is 0 Å². The van der Waals surface area contributed by atoms with E-state index in [4.69, 9.17) is 19.9 Å². The molecule has 0 aliphatic rings. The summed E-state index contributed by atoms with van der Waals surface area (Å²) in [5.74, 6) is -3.43. The molecule has 1 atom stereocenters. The number of nitrogens with one attached hydrogen (secondary N) is 1. The molecule has 0 rings (SSSR count). The van der Waals surface area contributed by atoms with E-state index in [0.717, 1.165) is 12.8 Å². The summed E-state index contributed by atoms with van der Waals surface area (Å²) in [5.41, 5.74) is 0. The molecular weight excluding hydrogens is 406 g/mol. The minimum atomic E-state index is -4.84. The highest BCUT2D eigenvalue weighted by molar-refractivity contribution is 7.87. The molecule has 0 radical (unpaired) electrons. The summed E-state index contributed by atoms with van der Waals surface area (Å²) in [7, 11) is -4.84. The van der Waals surface area contributed by atoms with Crippen LogP contribution in [0.15, 0.2) is 0 Å². The zero-order chi connectivity index (χ0) is 22.7. The number of amides is 1. The number of hydrogen-bond acceptors (Lipinski definition) is 6. The topological polar surface area (TPSA) is 178 Å². The summed E-state index contributed by atoms with van der Waals surface area (Å²) in [6, 6.07) is 0. The van der Waals surface area contributed by atoms with Gasteiger partial charge in [0.1, 0.15) is 0 Å². The summed E-state index contributed by atoms with van der Waals surface area (Å²) in [6.07, 6.45) is 10.9. The second-order valence-electron chi connectivity index (χ2n) is 6.59. The Morgan fingerprint density at radius 2 is 1.38 bits per heavy atom. The smallest absolute Gasteiger partial charge is 0.325 e. The molecule has 0 aromatic rings. The molecule has 0 heterocycles. The monoisotopic (exact) mass is 441 g/mol. The van der Waals surface area contributed by atoms with Crippen LogP contribution in [-0.2, 0) is 24.5 Å². The highest BCUT2D eigenvalue weighted by atomic mass is 32.2. The van der Waals surface area contributed by atoms with Crippen molar-refractivity contribution >= 4 is 28.0 Å². The Labute approximate surface area is 172 Å². The molecule has 0 bridgehead atoms. The van der Waals surface area contributed by atoms with Gasteiger partial charge in [0.05, 0.1) is 13.0 Å². The average molecular weight is 442 g/mol. The maximum absolute atomic E-state index is 11.2. The van der Waals surface area contributed by atoms with Crippen molar-refractivity contribution in [3.63, 3.8) is 0 Å². The molecule has 10 nitrogen and oxygen atoms in total. The summed E-state index contributed by atoms with van der Waals surface area (Å²) in [6.45, 7) is 2.65. The van der Waals surface area contributed by atoms with Crippen LogP contribution in [0.1, 0.15) is 77.6 Å². The van der Waals surface area contributed by atoms with Crippen LogP contribution in [-0.4, -0.2) is 64.5 Å². The number of carbonyl (C=O) groups excluding carboxylic acids is 1. The normalized spacial score (nSPS) is 11.8. The molecule has 0 saturated carbocycles. The van der Waals surface area contributed by atoms with Gasteiger partial charge in [-0.05, 0) is 6.42 Å². The zero-order valence-corrected chi connectivity index (χ0v) is 17.8. The van der Waals surface area contributed by atoms with E-state index in [2.05, 4.69) is 12.2 Å². The van der Waals surface area contributed by atoms with Crippen LogP contribution in [0.2, 0.25) is 0 Å². The summed E-state index contributed by atoms with van der Waals surface area (Å²) >= 11 is 0. The fourth-order valence-corrected chi connectivity index (χ4v) is 2.97.